The third kappa shape index (κ3) is 3.86. The van der Waals surface area contributed by atoms with Crippen LogP contribution in [0.25, 0.3) is 0 Å². The Kier molecular flexibility index (Phi) is 5.87. The van der Waals surface area contributed by atoms with Crippen molar-refractivity contribution in [3.8, 4) is 0 Å². The number of aliphatic hydroxyl groups is 1. The molecule has 0 heterocycles. The quantitative estimate of drug-likeness (QED) is 0.662. The van der Waals surface area contributed by atoms with Gasteiger partial charge in [-0.2, -0.15) is 13.2 Å². The number of hydrogen-bond donors (Lipinski definition) is 3. The molecule has 2 unspecified atom stereocenters. The maximum absolute atomic E-state index is 14.1. The second kappa shape index (κ2) is 7.72. The van der Waals surface area contributed by atoms with Gasteiger partial charge in [0, 0.05) is 12.7 Å². The van der Waals surface area contributed by atoms with Gasteiger partial charge >= 0.3 is 6.18 Å². The molecule has 2 aromatic rings. The molecule has 3 N–H and O–H groups in total. The number of alkyl halides is 3. The average molecular weight is 350 g/mol. The number of anilines is 1. The van der Waals surface area contributed by atoms with Gasteiger partial charge in [-0.1, -0.05) is 48.5 Å². The van der Waals surface area contributed by atoms with Gasteiger partial charge in [0.2, 0.25) is 0 Å². The summed E-state index contributed by atoms with van der Waals surface area (Å²) in [6.45, 7) is 2.94. The van der Waals surface area contributed by atoms with Crippen LogP contribution in [0.4, 0.5) is 18.9 Å². The summed E-state index contributed by atoms with van der Waals surface area (Å²) in [5, 5.41) is 15.1. The number of benzene rings is 2. The van der Waals surface area contributed by atoms with Crippen molar-refractivity contribution in [2.75, 3.05) is 19.0 Å². The lowest BCUT2D eigenvalue weighted by Crippen LogP contribution is -2.54. The zero-order chi connectivity index (χ0) is 18.5. The van der Waals surface area contributed by atoms with Crippen molar-refractivity contribution in [1.29, 1.82) is 0 Å². The maximum atomic E-state index is 14.1. The minimum absolute atomic E-state index is 0.00349. The van der Waals surface area contributed by atoms with Gasteiger partial charge in [0.1, 0.15) is 0 Å². The van der Waals surface area contributed by atoms with Gasteiger partial charge < -0.3 is 10.4 Å². The van der Waals surface area contributed by atoms with Crippen LogP contribution in [0.5, 0.6) is 0 Å². The highest BCUT2D eigenvalue weighted by Gasteiger charge is 2.55. The fraction of sp³-hybridized carbons (Fsp3) is 0.263. The summed E-state index contributed by atoms with van der Waals surface area (Å²) < 4.78 is 42.2. The van der Waals surface area contributed by atoms with Gasteiger partial charge in [0.05, 0.1) is 12.6 Å². The lowest BCUT2D eigenvalue weighted by Gasteiger charge is -2.37. The van der Waals surface area contributed by atoms with Crippen LogP contribution < -0.4 is 10.6 Å². The summed E-state index contributed by atoms with van der Waals surface area (Å²) in [5.41, 5.74) is -1.39. The molecule has 25 heavy (non-hydrogen) atoms. The zero-order valence-corrected chi connectivity index (χ0v) is 13.8. The number of aliphatic hydroxyl groups excluding tert-OH is 1. The SMILES string of the molecule is C=CC(NC(CO)c1ccccc1)(c1cccc(NC)c1)C(F)(F)F. The van der Waals surface area contributed by atoms with Gasteiger partial charge in [-0.3, -0.25) is 5.32 Å². The van der Waals surface area contributed by atoms with Crippen molar-refractivity contribution in [2.24, 2.45) is 0 Å². The largest absolute Gasteiger partial charge is 0.414 e. The first-order chi connectivity index (χ1) is 11.9. The Morgan fingerprint density at radius 3 is 2.32 bits per heavy atom. The van der Waals surface area contributed by atoms with E-state index in [4.69, 9.17) is 0 Å². The van der Waals surface area contributed by atoms with Gasteiger partial charge in [0.15, 0.2) is 5.54 Å². The van der Waals surface area contributed by atoms with E-state index in [2.05, 4.69) is 17.2 Å². The van der Waals surface area contributed by atoms with E-state index >= 15 is 0 Å². The van der Waals surface area contributed by atoms with Crippen molar-refractivity contribution in [1.82, 2.24) is 5.32 Å². The zero-order valence-electron chi connectivity index (χ0n) is 13.8. The van der Waals surface area contributed by atoms with Crippen molar-refractivity contribution in [3.05, 3.63) is 78.4 Å². The molecule has 0 saturated heterocycles. The van der Waals surface area contributed by atoms with Crippen molar-refractivity contribution in [3.63, 3.8) is 0 Å². The lowest BCUT2D eigenvalue weighted by molar-refractivity contribution is -0.188. The first-order valence-corrected chi connectivity index (χ1v) is 7.80. The fourth-order valence-corrected chi connectivity index (χ4v) is 2.74. The summed E-state index contributed by atoms with van der Waals surface area (Å²) in [5.74, 6) is 0. The summed E-state index contributed by atoms with van der Waals surface area (Å²) in [7, 11) is 1.64. The van der Waals surface area contributed by atoms with Gasteiger partial charge in [-0.05, 0) is 23.3 Å². The Morgan fingerprint density at radius 2 is 1.80 bits per heavy atom. The monoisotopic (exact) mass is 350 g/mol. The van der Waals surface area contributed by atoms with E-state index in [0.29, 0.717) is 11.3 Å². The summed E-state index contributed by atoms with van der Waals surface area (Å²) >= 11 is 0. The van der Waals surface area contributed by atoms with E-state index in [1.54, 1.807) is 49.5 Å². The van der Waals surface area contributed by atoms with Crippen LogP contribution in [0.2, 0.25) is 0 Å². The predicted octanol–water partition coefficient (Wildman–Crippen LogP) is 4.00. The first kappa shape index (κ1) is 19.0. The standard InChI is InChI=1S/C19H21F3N2O/c1-3-18(19(20,21)22,15-10-7-11-16(12-15)23-2)24-17(13-25)14-8-5-4-6-9-14/h3-12,17,23-25H,1,13H2,2H3. The van der Waals surface area contributed by atoms with Gasteiger partial charge in [0.25, 0.3) is 0 Å². The molecule has 0 saturated carbocycles. The number of rotatable bonds is 7. The second-order valence-electron chi connectivity index (χ2n) is 5.63. The topological polar surface area (TPSA) is 44.3 Å². The Morgan fingerprint density at radius 1 is 1.12 bits per heavy atom. The molecule has 6 heteroatoms. The molecule has 134 valence electrons. The molecule has 0 aliphatic heterocycles. The first-order valence-electron chi connectivity index (χ1n) is 7.80. The smallest absolute Gasteiger partial charge is 0.394 e. The number of hydrogen-bond acceptors (Lipinski definition) is 3. The lowest BCUT2D eigenvalue weighted by atomic mass is 9.87. The molecule has 0 fully saturated rings. The molecule has 0 spiro atoms. The summed E-state index contributed by atoms with van der Waals surface area (Å²) in [6.07, 6.45) is -3.81. The van der Waals surface area contributed by atoms with E-state index in [9.17, 15) is 18.3 Å². The van der Waals surface area contributed by atoms with Gasteiger partial charge in [-0.15, -0.1) is 6.58 Å². The van der Waals surface area contributed by atoms with Crippen LogP contribution in [0.1, 0.15) is 17.2 Å². The Hall–Kier alpha value is -2.31. The minimum Gasteiger partial charge on any atom is -0.394 e. The molecular formula is C19H21F3N2O. The normalized spacial score (nSPS) is 15.2. The number of nitrogens with one attached hydrogen (secondary N) is 2. The summed E-state index contributed by atoms with van der Waals surface area (Å²) in [6, 6.07) is 13.7. The highest BCUT2D eigenvalue weighted by molar-refractivity contribution is 5.49. The minimum atomic E-state index is -4.65. The molecule has 0 radical (unpaired) electrons. The highest BCUT2D eigenvalue weighted by atomic mass is 19.4. The van der Waals surface area contributed by atoms with Crippen molar-refractivity contribution >= 4 is 5.69 Å². The van der Waals surface area contributed by atoms with Gasteiger partial charge in [-0.25, -0.2) is 0 Å². The molecule has 0 aliphatic rings. The fourth-order valence-electron chi connectivity index (χ4n) is 2.74. The molecule has 2 atom stereocenters. The van der Waals surface area contributed by atoms with E-state index in [1.807, 2.05) is 0 Å². The van der Waals surface area contributed by atoms with Crippen molar-refractivity contribution < 1.29 is 18.3 Å². The van der Waals surface area contributed by atoms with E-state index in [1.165, 1.54) is 12.1 Å². The van der Waals surface area contributed by atoms with E-state index in [0.717, 1.165) is 6.08 Å². The van der Waals surface area contributed by atoms with Crippen LogP contribution in [0, 0.1) is 0 Å². The molecular weight excluding hydrogens is 329 g/mol. The Bertz CT molecular complexity index is 703. The molecule has 0 aliphatic carbocycles. The third-order valence-electron chi connectivity index (χ3n) is 4.15. The molecule has 3 nitrogen and oxygen atoms in total. The molecule has 2 rings (SSSR count). The third-order valence-corrected chi connectivity index (χ3v) is 4.15. The van der Waals surface area contributed by atoms with E-state index in [-0.39, 0.29) is 5.56 Å². The average Bonchev–Trinajstić information content (AvgIpc) is 2.62. The van der Waals surface area contributed by atoms with Crippen LogP contribution in [-0.2, 0) is 5.54 Å². The number of halogens is 3. The molecule has 0 aromatic heterocycles. The van der Waals surface area contributed by atoms with Crippen molar-refractivity contribution in [2.45, 2.75) is 17.8 Å². The predicted molar refractivity (Wildman–Crippen MR) is 93.3 cm³/mol. The second-order valence-corrected chi connectivity index (χ2v) is 5.63. The maximum Gasteiger partial charge on any atom is 0.414 e. The molecule has 0 bridgehead atoms. The Balaban J connectivity index is 2.53. The van der Waals surface area contributed by atoms with Crippen LogP contribution in [-0.4, -0.2) is 24.9 Å². The molecule has 0 amide bonds. The highest BCUT2D eigenvalue weighted by Crippen LogP contribution is 2.42. The Labute approximate surface area is 145 Å². The summed E-state index contributed by atoms with van der Waals surface area (Å²) in [4.78, 5) is 0. The van der Waals surface area contributed by atoms with Crippen LogP contribution in [0.15, 0.2) is 67.3 Å². The molecule has 2 aromatic carbocycles. The van der Waals surface area contributed by atoms with Crippen LogP contribution in [0.3, 0.4) is 0 Å². The van der Waals surface area contributed by atoms with E-state index < -0.39 is 24.4 Å². The van der Waals surface area contributed by atoms with Crippen LogP contribution >= 0.6 is 0 Å².